The van der Waals surface area contributed by atoms with Gasteiger partial charge >= 0.3 is 17.9 Å². The molecule has 0 aromatic carbocycles. The summed E-state index contributed by atoms with van der Waals surface area (Å²) in [5.74, 6) is 4.05. The van der Waals surface area contributed by atoms with Crippen molar-refractivity contribution in [1.82, 2.24) is 0 Å². The molecule has 5 atom stereocenters. The van der Waals surface area contributed by atoms with Crippen molar-refractivity contribution in [2.75, 3.05) is 6.61 Å². The first-order valence-corrected chi connectivity index (χ1v) is 16.4. The Morgan fingerprint density at radius 3 is 1.80 bits per heavy atom. The quantitative estimate of drug-likeness (QED) is 0.208. The van der Waals surface area contributed by atoms with E-state index in [1.807, 2.05) is 34.6 Å². The monoisotopic (exact) mass is 623 g/mol. The molecule has 5 unspecified atom stereocenters. The molecule has 6 bridgehead atoms. The standard InChI is InChI=1S/C17H26O4.C17H28O2.4CH4/c1-4-17(2,3)16(19)20-9-13-12-8-14(21-15(13)18)11-7-5-6-10(11)12;1-5-16(2,3)15(18)19-17(4)13-7-11-6-12(9-13)10-14(17)8-11;;;;/h10-14H,4-9H2,1-3H3;11-14H,5-10H2,1-4H3;4*1H4. The predicted molar refractivity (Wildman–Crippen MR) is 180 cm³/mol. The number of ether oxygens (including phenoxy) is 3. The van der Waals surface area contributed by atoms with E-state index in [0.29, 0.717) is 29.6 Å². The van der Waals surface area contributed by atoms with Gasteiger partial charge in [-0.2, -0.15) is 0 Å². The minimum absolute atomic E-state index is 0. The fraction of sp³-hybridized carbons (Fsp3) is 0.921. The lowest BCUT2D eigenvalue weighted by atomic mass is 9.50. The number of hydrogen-bond acceptors (Lipinski definition) is 6. The molecule has 1 saturated heterocycles. The van der Waals surface area contributed by atoms with Gasteiger partial charge in [0.05, 0.1) is 16.7 Å². The molecule has 6 saturated carbocycles. The van der Waals surface area contributed by atoms with Crippen LogP contribution in [0.2, 0.25) is 0 Å². The number of carbonyl (C=O) groups is 3. The summed E-state index contributed by atoms with van der Waals surface area (Å²) in [6.45, 7) is 14.2. The highest BCUT2D eigenvalue weighted by atomic mass is 16.6. The molecule has 7 fully saturated rings. The molecule has 0 amide bonds. The third-order valence-electron chi connectivity index (χ3n) is 12.6. The molecule has 6 nitrogen and oxygen atoms in total. The average molecular weight is 623 g/mol. The predicted octanol–water partition coefficient (Wildman–Crippen LogP) is 9.67. The van der Waals surface area contributed by atoms with Gasteiger partial charge in [0.15, 0.2) is 0 Å². The smallest absolute Gasteiger partial charge is 0.312 e. The summed E-state index contributed by atoms with van der Waals surface area (Å²) in [5, 5.41) is 0. The van der Waals surface area contributed by atoms with Gasteiger partial charge in [-0.3, -0.25) is 14.4 Å². The highest BCUT2D eigenvalue weighted by Gasteiger charge is 2.58. The molecule has 7 rings (SSSR count). The third-order valence-corrected chi connectivity index (χ3v) is 12.6. The molecule has 258 valence electrons. The van der Waals surface area contributed by atoms with Crippen LogP contribution in [0, 0.1) is 58.2 Å². The van der Waals surface area contributed by atoms with Crippen molar-refractivity contribution in [3.8, 4) is 0 Å². The van der Waals surface area contributed by atoms with E-state index in [0.717, 1.165) is 31.1 Å². The topological polar surface area (TPSA) is 78.9 Å². The van der Waals surface area contributed by atoms with E-state index in [2.05, 4.69) is 13.8 Å². The summed E-state index contributed by atoms with van der Waals surface area (Å²) in [6, 6.07) is 0. The second kappa shape index (κ2) is 14.9. The van der Waals surface area contributed by atoms with Crippen LogP contribution in [0.4, 0.5) is 0 Å². The van der Waals surface area contributed by atoms with Gasteiger partial charge in [0.25, 0.3) is 0 Å². The first-order valence-electron chi connectivity index (χ1n) is 16.4. The number of esters is 3. The molecule has 0 spiro atoms. The molecule has 7 aliphatic rings. The number of hydrogen-bond donors (Lipinski definition) is 0. The van der Waals surface area contributed by atoms with Crippen LogP contribution in [0.3, 0.4) is 0 Å². The van der Waals surface area contributed by atoms with Crippen LogP contribution in [0.5, 0.6) is 0 Å². The van der Waals surface area contributed by atoms with Gasteiger partial charge < -0.3 is 14.2 Å². The van der Waals surface area contributed by atoms with Crippen molar-refractivity contribution in [2.24, 2.45) is 58.2 Å². The highest BCUT2D eigenvalue weighted by molar-refractivity contribution is 5.78. The van der Waals surface area contributed by atoms with Crippen LogP contribution in [-0.4, -0.2) is 36.2 Å². The van der Waals surface area contributed by atoms with Gasteiger partial charge in [0.2, 0.25) is 0 Å². The first kappa shape index (κ1) is 40.4. The number of carbonyl (C=O) groups excluding carboxylic acids is 3. The van der Waals surface area contributed by atoms with Crippen molar-refractivity contribution in [2.45, 2.75) is 161 Å². The first-order chi connectivity index (χ1) is 18.8. The minimum atomic E-state index is -0.479. The zero-order valence-corrected chi connectivity index (χ0v) is 26.1. The number of rotatable bonds is 7. The van der Waals surface area contributed by atoms with Crippen LogP contribution in [0.1, 0.15) is 149 Å². The van der Waals surface area contributed by atoms with E-state index in [-0.39, 0.29) is 77.3 Å². The maximum absolute atomic E-state index is 12.5. The maximum atomic E-state index is 12.5. The molecular weight excluding hydrogens is 552 g/mol. The van der Waals surface area contributed by atoms with Crippen LogP contribution >= 0.6 is 0 Å². The Hall–Kier alpha value is -1.59. The summed E-state index contributed by atoms with van der Waals surface area (Å²) in [5.41, 5.74) is -0.985. The van der Waals surface area contributed by atoms with Crippen LogP contribution in [0.15, 0.2) is 0 Å². The molecule has 6 heteroatoms. The zero-order chi connectivity index (χ0) is 29.0. The Labute approximate surface area is 271 Å². The molecule has 0 aromatic heterocycles. The van der Waals surface area contributed by atoms with E-state index < -0.39 is 5.41 Å². The fourth-order valence-corrected chi connectivity index (χ4v) is 9.10. The van der Waals surface area contributed by atoms with Crippen molar-refractivity contribution >= 4 is 17.9 Å². The van der Waals surface area contributed by atoms with Crippen molar-refractivity contribution in [1.29, 1.82) is 0 Å². The maximum Gasteiger partial charge on any atom is 0.312 e. The van der Waals surface area contributed by atoms with Crippen molar-refractivity contribution in [3.05, 3.63) is 0 Å². The Kier molecular flexibility index (Phi) is 13.7. The second-order valence-corrected chi connectivity index (χ2v) is 15.7. The molecule has 6 aliphatic carbocycles. The SMILES string of the molecule is C.C.C.C.CCC(C)(C)C(=O)OC1(C)C2CC3CC(C2)CC1C3.CCC(C)(C)C(=O)OCC1C(=O)OC2CC1C1CCCC21. The van der Waals surface area contributed by atoms with Gasteiger partial charge in [-0.1, -0.05) is 50.0 Å². The molecule has 0 aromatic rings. The second-order valence-electron chi connectivity index (χ2n) is 15.7. The highest BCUT2D eigenvalue weighted by Crippen LogP contribution is 2.60. The van der Waals surface area contributed by atoms with Crippen LogP contribution in [-0.2, 0) is 28.6 Å². The lowest BCUT2D eigenvalue weighted by molar-refractivity contribution is -0.211. The normalized spacial score (nSPS) is 37.3. The van der Waals surface area contributed by atoms with Crippen molar-refractivity contribution in [3.63, 3.8) is 0 Å². The summed E-state index contributed by atoms with van der Waals surface area (Å²) >= 11 is 0. The molecule has 0 radical (unpaired) electrons. The zero-order valence-electron chi connectivity index (χ0n) is 26.1. The van der Waals surface area contributed by atoms with Gasteiger partial charge in [-0.05, 0) is 140 Å². The Bertz CT molecular complexity index is 954. The van der Waals surface area contributed by atoms with Crippen LogP contribution in [0.25, 0.3) is 0 Å². The summed E-state index contributed by atoms with van der Waals surface area (Å²) in [4.78, 5) is 36.8. The Morgan fingerprint density at radius 1 is 0.773 bits per heavy atom. The van der Waals surface area contributed by atoms with Crippen LogP contribution < -0.4 is 0 Å². The molecule has 1 aliphatic heterocycles. The summed E-state index contributed by atoms with van der Waals surface area (Å²) < 4.78 is 17.2. The molecule has 0 N–H and O–H groups in total. The fourth-order valence-electron chi connectivity index (χ4n) is 9.10. The van der Waals surface area contributed by atoms with Crippen molar-refractivity contribution < 1.29 is 28.6 Å². The van der Waals surface area contributed by atoms with Gasteiger partial charge in [-0.25, -0.2) is 0 Å². The lowest BCUT2D eigenvalue weighted by Gasteiger charge is -2.59. The van der Waals surface area contributed by atoms with Gasteiger partial charge in [0, 0.05) is 0 Å². The van der Waals surface area contributed by atoms with Gasteiger partial charge in [0.1, 0.15) is 18.3 Å². The Balaban J connectivity index is 0.000000405. The van der Waals surface area contributed by atoms with E-state index in [4.69, 9.17) is 14.2 Å². The summed E-state index contributed by atoms with van der Waals surface area (Å²) in [7, 11) is 0. The average Bonchev–Trinajstić information content (AvgIpc) is 3.50. The van der Waals surface area contributed by atoms with E-state index in [1.165, 1.54) is 51.4 Å². The van der Waals surface area contributed by atoms with E-state index in [9.17, 15) is 14.4 Å². The lowest BCUT2D eigenvalue weighted by Crippen LogP contribution is -2.58. The molecule has 1 heterocycles. The largest absolute Gasteiger partial charge is 0.464 e. The summed E-state index contributed by atoms with van der Waals surface area (Å²) in [6.07, 6.45) is 12.9. The number of fused-ring (bicyclic) bond motifs is 5. The van der Waals surface area contributed by atoms with E-state index in [1.54, 1.807) is 0 Å². The third kappa shape index (κ3) is 7.35. The minimum Gasteiger partial charge on any atom is -0.464 e. The van der Waals surface area contributed by atoms with E-state index >= 15 is 0 Å². The molecular formula is C38H70O6. The molecule has 44 heavy (non-hydrogen) atoms. The Morgan fingerprint density at radius 2 is 1.27 bits per heavy atom. The van der Waals surface area contributed by atoms with Gasteiger partial charge in [-0.15, -0.1) is 0 Å².